The van der Waals surface area contributed by atoms with Crippen LogP contribution in [0.3, 0.4) is 0 Å². The molecule has 100 valence electrons. The Kier molecular flexibility index (Phi) is 15.0. The molecule has 1 rings (SSSR count). The Morgan fingerprint density at radius 2 is 1.25 bits per heavy atom. The van der Waals surface area contributed by atoms with Gasteiger partial charge >= 0.3 is 0 Å². The summed E-state index contributed by atoms with van der Waals surface area (Å²) >= 11 is 0. The molecule has 1 aliphatic rings. The highest BCUT2D eigenvalue weighted by Crippen LogP contribution is 2.32. The van der Waals surface area contributed by atoms with Crippen molar-refractivity contribution in [2.24, 2.45) is 17.8 Å². The molecule has 0 aromatic carbocycles. The van der Waals surface area contributed by atoms with Crippen LogP contribution in [0.1, 0.15) is 87.0 Å². The number of hydrogen-bond donors (Lipinski definition) is 0. The first-order chi connectivity index (χ1) is 7.61. The van der Waals surface area contributed by atoms with Gasteiger partial charge in [0.25, 0.3) is 0 Å². The quantitative estimate of drug-likeness (QED) is 0.520. The van der Waals surface area contributed by atoms with E-state index in [9.17, 15) is 0 Å². The van der Waals surface area contributed by atoms with Crippen molar-refractivity contribution in [1.82, 2.24) is 0 Å². The number of hydrogen-bond acceptors (Lipinski definition) is 0. The zero-order valence-electron chi connectivity index (χ0n) is 13.0. The molecule has 0 radical (unpaired) electrons. The highest BCUT2D eigenvalue weighted by molar-refractivity contribution is 4.71. The molecule has 0 aromatic heterocycles. The average molecular weight is 228 g/mol. The lowest BCUT2D eigenvalue weighted by atomic mass is 9.78. The number of unbranched alkanes of at least 4 members (excludes halogenated alkanes) is 1. The second kappa shape index (κ2) is 13.1. The third-order valence-corrected chi connectivity index (χ3v) is 3.50. The summed E-state index contributed by atoms with van der Waals surface area (Å²) in [6.45, 7) is 15.5. The van der Waals surface area contributed by atoms with Crippen molar-refractivity contribution >= 4 is 0 Å². The lowest BCUT2D eigenvalue weighted by Gasteiger charge is -2.28. The summed E-state index contributed by atoms with van der Waals surface area (Å²) in [5.74, 6) is 2.97. The second-order valence-corrected chi connectivity index (χ2v) is 5.26. The Hall–Kier alpha value is 0. The molecule has 1 aliphatic carbocycles. The van der Waals surface area contributed by atoms with Gasteiger partial charge in [-0.2, -0.15) is 0 Å². The summed E-state index contributed by atoms with van der Waals surface area (Å²) < 4.78 is 0. The van der Waals surface area contributed by atoms with Gasteiger partial charge in [0.2, 0.25) is 0 Å². The molecular formula is C16H36. The van der Waals surface area contributed by atoms with Crippen LogP contribution in [0.2, 0.25) is 0 Å². The maximum Gasteiger partial charge on any atom is -0.0391 e. The molecule has 16 heavy (non-hydrogen) atoms. The maximum absolute atomic E-state index is 2.39. The van der Waals surface area contributed by atoms with Crippen molar-refractivity contribution < 1.29 is 0 Å². The monoisotopic (exact) mass is 228 g/mol. The normalized spacial score (nSPS) is 24.0. The smallest absolute Gasteiger partial charge is 0.0391 e. The van der Waals surface area contributed by atoms with Crippen LogP contribution in [0.5, 0.6) is 0 Å². The van der Waals surface area contributed by atoms with Gasteiger partial charge in [-0.15, -0.1) is 0 Å². The van der Waals surface area contributed by atoms with E-state index in [0.717, 1.165) is 17.8 Å². The summed E-state index contributed by atoms with van der Waals surface area (Å²) in [4.78, 5) is 0. The van der Waals surface area contributed by atoms with E-state index >= 15 is 0 Å². The average Bonchev–Trinajstić information content (AvgIpc) is 2.32. The third kappa shape index (κ3) is 10.5. The Morgan fingerprint density at radius 3 is 1.50 bits per heavy atom. The van der Waals surface area contributed by atoms with Gasteiger partial charge < -0.3 is 0 Å². The molecule has 0 aliphatic heterocycles. The molecule has 0 aromatic rings. The van der Waals surface area contributed by atoms with Gasteiger partial charge in [-0.05, 0) is 30.6 Å². The van der Waals surface area contributed by atoms with Gasteiger partial charge in [0.1, 0.15) is 0 Å². The fraction of sp³-hybridized carbons (Fsp3) is 1.00. The topological polar surface area (TPSA) is 0 Å². The molecule has 0 amide bonds. The minimum atomic E-state index is 0.924. The van der Waals surface area contributed by atoms with Crippen LogP contribution in [0, 0.1) is 17.8 Å². The summed E-state index contributed by atoms with van der Waals surface area (Å²) in [5.41, 5.74) is 0. The molecule has 0 spiro atoms. The second-order valence-electron chi connectivity index (χ2n) is 5.26. The number of rotatable bonds is 2. The van der Waals surface area contributed by atoms with E-state index in [2.05, 4.69) is 34.6 Å². The minimum Gasteiger partial charge on any atom is -0.0683 e. The Morgan fingerprint density at radius 1 is 0.875 bits per heavy atom. The van der Waals surface area contributed by atoms with Crippen molar-refractivity contribution in [3.05, 3.63) is 0 Å². The molecule has 1 saturated carbocycles. The minimum absolute atomic E-state index is 0.924. The van der Waals surface area contributed by atoms with Crippen LogP contribution in [0.4, 0.5) is 0 Å². The van der Waals surface area contributed by atoms with E-state index < -0.39 is 0 Å². The highest BCUT2D eigenvalue weighted by atomic mass is 14.3. The van der Waals surface area contributed by atoms with Crippen molar-refractivity contribution in [2.75, 3.05) is 0 Å². The molecule has 0 nitrogen and oxygen atoms in total. The summed E-state index contributed by atoms with van der Waals surface area (Å²) in [7, 11) is 0. The molecule has 1 fully saturated rings. The van der Waals surface area contributed by atoms with Crippen molar-refractivity contribution in [2.45, 2.75) is 87.0 Å². The molecule has 0 heteroatoms. The molecule has 0 unspecified atom stereocenters. The molecule has 0 saturated heterocycles. The largest absolute Gasteiger partial charge is 0.0683 e. The zero-order chi connectivity index (χ0) is 13.0. The molecule has 0 atom stereocenters. The van der Waals surface area contributed by atoms with Gasteiger partial charge in [0, 0.05) is 0 Å². The van der Waals surface area contributed by atoms with Gasteiger partial charge in [0.05, 0.1) is 0 Å². The van der Waals surface area contributed by atoms with Crippen LogP contribution < -0.4 is 0 Å². The van der Waals surface area contributed by atoms with Gasteiger partial charge in [-0.25, -0.2) is 0 Å². The fourth-order valence-electron chi connectivity index (χ4n) is 1.95. The first kappa shape index (κ1) is 18.4. The molecule has 0 N–H and O–H groups in total. The Balaban J connectivity index is 0. The predicted octanol–water partition coefficient (Wildman–Crippen LogP) is 6.30. The predicted molar refractivity (Wildman–Crippen MR) is 77.9 cm³/mol. The van der Waals surface area contributed by atoms with Crippen molar-refractivity contribution in [1.29, 1.82) is 0 Å². The summed E-state index contributed by atoms with van der Waals surface area (Å²) in [5, 5.41) is 0. The molecular weight excluding hydrogens is 192 g/mol. The van der Waals surface area contributed by atoms with E-state index in [1.54, 1.807) is 0 Å². The maximum atomic E-state index is 2.39. The first-order valence-corrected chi connectivity index (χ1v) is 7.61. The van der Waals surface area contributed by atoms with Gasteiger partial charge in [0.15, 0.2) is 0 Å². The van der Waals surface area contributed by atoms with Gasteiger partial charge in [-0.3, -0.25) is 0 Å². The Bertz CT molecular complexity index is 105. The molecule has 0 bridgehead atoms. The molecule has 0 heterocycles. The van der Waals surface area contributed by atoms with Crippen molar-refractivity contribution in [3.63, 3.8) is 0 Å². The SMILES string of the molecule is CC.CC1CCC(C(C)C)CC1.CCCC. The van der Waals surface area contributed by atoms with Crippen molar-refractivity contribution in [3.8, 4) is 0 Å². The summed E-state index contributed by atoms with van der Waals surface area (Å²) in [6, 6.07) is 0. The van der Waals surface area contributed by atoms with Crippen LogP contribution >= 0.6 is 0 Å². The van der Waals surface area contributed by atoms with E-state index in [4.69, 9.17) is 0 Å². The first-order valence-electron chi connectivity index (χ1n) is 7.61. The van der Waals surface area contributed by atoms with Crippen LogP contribution in [-0.2, 0) is 0 Å². The third-order valence-electron chi connectivity index (χ3n) is 3.50. The van der Waals surface area contributed by atoms with E-state index in [0.29, 0.717) is 0 Å². The van der Waals surface area contributed by atoms with Crippen LogP contribution in [-0.4, -0.2) is 0 Å². The lowest BCUT2D eigenvalue weighted by Crippen LogP contribution is -2.16. The Labute approximate surface area is 105 Å². The van der Waals surface area contributed by atoms with Crippen LogP contribution in [0.15, 0.2) is 0 Å². The standard InChI is InChI=1S/C10H20.C4H10.C2H6/c1-8(2)10-6-4-9(3)5-7-10;1-3-4-2;1-2/h8-10H,4-7H2,1-3H3;3-4H2,1-2H3;1-2H3. The zero-order valence-corrected chi connectivity index (χ0v) is 13.0. The van der Waals surface area contributed by atoms with Gasteiger partial charge in [-0.1, -0.05) is 74.1 Å². The lowest BCUT2D eigenvalue weighted by molar-refractivity contribution is 0.234. The summed E-state index contributed by atoms with van der Waals surface area (Å²) in [6.07, 6.45) is 8.56. The van der Waals surface area contributed by atoms with E-state index in [-0.39, 0.29) is 0 Å². The fourth-order valence-corrected chi connectivity index (χ4v) is 1.95. The van der Waals surface area contributed by atoms with E-state index in [1.807, 2.05) is 13.8 Å². The van der Waals surface area contributed by atoms with E-state index in [1.165, 1.54) is 38.5 Å². The highest BCUT2D eigenvalue weighted by Gasteiger charge is 2.19. The van der Waals surface area contributed by atoms with Crippen LogP contribution in [0.25, 0.3) is 0 Å².